The number of urea groups is 1. The van der Waals surface area contributed by atoms with Gasteiger partial charge in [-0.1, -0.05) is 43.0 Å². The second-order valence-electron chi connectivity index (χ2n) is 5.49. The quantitative estimate of drug-likeness (QED) is 0.815. The van der Waals surface area contributed by atoms with E-state index in [2.05, 4.69) is 10.6 Å². The number of halogens is 1. The zero-order valence-corrected chi connectivity index (χ0v) is 14.2. The lowest BCUT2D eigenvalue weighted by molar-refractivity contribution is -0.119. The molecule has 0 unspecified atom stereocenters. The second kappa shape index (κ2) is 8.44. The smallest absolute Gasteiger partial charge is 0.321 e. The molecule has 0 heterocycles. The minimum absolute atomic E-state index is 0.188. The molecule has 2 N–H and O–H groups in total. The van der Waals surface area contributed by atoms with Gasteiger partial charge in [0.2, 0.25) is 5.91 Å². The minimum atomic E-state index is -0.400. The van der Waals surface area contributed by atoms with Crippen LogP contribution in [0.5, 0.6) is 0 Å². The van der Waals surface area contributed by atoms with E-state index in [9.17, 15) is 9.59 Å². The Bertz CT molecular complexity index is 533. The van der Waals surface area contributed by atoms with Crippen LogP contribution in [0.2, 0.25) is 5.02 Å². The number of amides is 3. The monoisotopic (exact) mass is 340 g/mol. The van der Waals surface area contributed by atoms with Crippen LogP contribution in [0.15, 0.2) is 29.2 Å². The molecule has 6 heteroatoms. The van der Waals surface area contributed by atoms with Crippen molar-refractivity contribution in [1.29, 1.82) is 0 Å². The van der Waals surface area contributed by atoms with Gasteiger partial charge in [-0.05, 0) is 31.9 Å². The molecule has 4 nitrogen and oxygen atoms in total. The molecular formula is C16H21ClN2O2S. The molecule has 0 bridgehead atoms. The summed E-state index contributed by atoms with van der Waals surface area (Å²) in [6, 6.07) is 7.14. The van der Waals surface area contributed by atoms with Gasteiger partial charge in [0.25, 0.3) is 0 Å². The first-order chi connectivity index (χ1) is 10.6. The van der Waals surface area contributed by atoms with Gasteiger partial charge in [-0.25, -0.2) is 4.79 Å². The number of hydrogen-bond acceptors (Lipinski definition) is 3. The van der Waals surface area contributed by atoms with Crippen LogP contribution in [0.25, 0.3) is 0 Å². The molecule has 1 aliphatic rings. The van der Waals surface area contributed by atoms with Crippen LogP contribution in [-0.4, -0.2) is 23.2 Å². The summed E-state index contributed by atoms with van der Waals surface area (Å²) >= 11 is 7.42. The number of imide groups is 1. The molecule has 0 aliphatic heterocycles. The van der Waals surface area contributed by atoms with E-state index in [1.54, 1.807) is 13.0 Å². The van der Waals surface area contributed by atoms with Gasteiger partial charge < -0.3 is 5.32 Å². The largest absolute Gasteiger partial charge is 0.335 e. The maximum Gasteiger partial charge on any atom is 0.321 e. The predicted octanol–water partition coefficient (Wildman–Crippen LogP) is 3.98. The zero-order chi connectivity index (χ0) is 15.9. The van der Waals surface area contributed by atoms with Crippen LogP contribution in [0.4, 0.5) is 4.79 Å². The summed E-state index contributed by atoms with van der Waals surface area (Å²) < 4.78 is 0. The summed E-state index contributed by atoms with van der Waals surface area (Å²) in [7, 11) is 0. The van der Waals surface area contributed by atoms with E-state index in [0.29, 0.717) is 5.02 Å². The first kappa shape index (κ1) is 17.2. The van der Waals surface area contributed by atoms with Gasteiger partial charge in [0.1, 0.15) is 0 Å². The molecule has 1 atom stereocenters. The highest BCUT2D eigenvalue weighted by Gasteiger charge is 2.20. The molecule has 22 heavy (non-hydrogen) atoms. The Morgan fingerprint density at radius 2 is 1.91 bits per heavy atom. The number of benzene rings is 1. The van der Waals surface area contributed by atoms with Crippen LogP contribution < -0.4 is 10.6 Å². The Balaban J connectivity index is 1.80. The molecule has 0 saturated heterocycles. The number of thioether (sulfide) groups is 1. The Hall–Kier alpha value is -1.20. The van der Waals surface area contributed by atoms with Gasteiger partial charge in [0.05, 0.1) is 10.3 Å². The number of rotatable bonds is 4. The summed E-state index contributed by atoms with van der Waals surface area (Å²) in [5.41, 5.74) is 0. The van der Waals surface area contributed by atoms with Crippen LogP contribution in [0, 0.1) is 0 Å². The average Bonchev–Trinajstić information content (AvgIpc) is 2.50. The molecule has 0 spiro atoms. The van der Waals surface area contributed by atoms with Crippen LogP contribution in [-0.2, 0) is 4.79 Å². The Morgan fingerprint density at radius 1 is 1.23 bits per heavy atom. The molecular weight excluding hydrogens is 320 g/mol. The highest BCUT2D eigenvalue weighted by molar-refractivity contribution is 8.00. The summed E-state index contributed by atoms with van der Waals surface area (Å²) in [5.74, 6) is -0.307. The van der Waals surface area contributed by atoms with Crippen molar-refractivity contribution in [2.45, 2.75) is 55.2 Å². The molecule has 1 aromatic carbocycles. The summed E-state index contributed by atoms with van der Waals surface area (Å²) in [6.45, 7) is 1.76. The van der Waals surface area contributed by atoms with Crippen molar-refractivity contribution in [2.24, 2.45) is 0 Å². The molecule has 1 aliphatic carbocycles. The highest BCUT2D eigenvalue weighted by Crippen LogP contribution is 2.29. The normalized spacial score (nSPS) is 16.8. The van der Waals surface area contributed by atoms with E-state index in [1.807, 2.05) is 18.2 Å². The fourth-order valence-electron chi connectivity index (χ4n) is 2.47. The topological polar surface area (TPSA) is 58.2 Å². The average molecular weight is 341 g/mol. The Labute approximate surface area is 140 Å². The van der Waals surface area contributed by atoms with Crippen molar-refractivity contribution in [2.75, 3.05) is 0 Å². The number of nitrogens with one attached hydrogen (secondary N) is 2. The second-order valence-corrected chi connectivity index (χ2v) is 7.28. The van der Waals surface area contributed by atoms with Crippen molar-refractivity contribution in [3.63, 3.8) is 0 Å². The maximum atomic E-state index is 12.1. The van der Waals surface area contributed by atoms with Gasteiger partial charge in [0, 0.05) is 10.9 Å². The van der Waals surface area contributed by atoms with E-state index in [0.717, 1.165) is 30.6 Å². The van der Waals surface area contributed by atoms with E-state index in [4.69, 9.17) is 11.6 Å². The lowest BCUT2D eigenvalue weighted by Gasteiger charge is -2.23. The maximum absolute atomic E-state index is 12.1. The third kappa shape index (κ3) is 5.21. The van der Waals surface area contributed by atoms with E-state index >= 15 is 0 Å². The lowest BCUT2D eigenvalue weighted by Crippen LogP contribution is -2.47. The van der Waals surface area contributed by atoms with E-state index in [-0.39, 0.29) is 11.9 Å². The lowest BCUT2D eigenvalue weighted by atomic mass is 9.96. The van der Waals surface area contributed by atoms with Crippen LogP contribution >= 0.6 is 23.4 Å². The van der Waals surface area contributed by atoms with Crippen molar-refractivity contribution in [1.82, 2.24) is 10.6 Å². The van der Waals surface area contributed by atoms with Gasteiger partial charge in [-0.15, -0.1) is 11.8 Å². The third-order valence-electron chi connectivity index (χ3n) is 3.69. The molecule has 1 fully saturated rings. The van der Waals surface area contributed by atoms with Gasteiger partial charge in [0.15, 0.2) is 0 Å². The summed E-state index contributed by atoms with van der Waals surface area (Å²) in [5, 5.41) is 5.51. The number of carbonyl (C=O) groups excluding carboxylic acids is 2. The Kier molecular flexibility index (Phi) is 6.58. The van der Waals surface area contributed by atoms with Crippen molar-refractivity contribution < 1.29 is 9.59 Å². The Morgan fingerprint density at radius 3 is 2.59 bits per heavy atom. The van der Waals surface area contributed by atoms with Crippen LogP contribution in [0.1, 0.15) is 39.0 Å². The molecule has 0 aromatic heterocycles. The summed E-state index contributed by atoms with van der Waals surface area (Å²) in [6.07, 6.45) is 5.48. The van der Waals surface area contributed by atoms with Gasteiger partial charge >= 0.3 is 6.03 Å². The van der Waals surface area contributed by atoms with Crippen LogP contribution in [0.3, 0.4) is 0 Å². The SMILES string of the molecule is C[C@@H](Sc1ccccc1Cl)C(=O)NC(=O)NC1CCCCC1. The molecule has 1 aromatic rings. The first-order valence-electron chi connectivity index (χ1n) is 7.59. The van der Waals surface area contributed by atoms with Crippen molar-refractivity contribution in [3.05, 3.63) is 29.3 Å². The summed E-state index contributed by atoms with van der Waals surface area (Å²) in [4.78, 5) is 24.8. The fraction of sp³-hybridized carbons (Fsp3) is 0.500. The van der Waals surface area contributed by atoms with E-state index in [1.165, 1.54) is 18.2 Å². The van der Waals surface area contributed by atoms with Crippen molar-refractivity contribution >= 4 is 35.3 Å². The van der Waals surface area contributed by atoms with Gasteiger partial charge in [-0.2, -0.15) is 0 Å². The molecule has 3 amide bonds. The number of hydrogen-bond donors (Lipinski definition) is 2. The molecule has 2 rings (SSSR count). The predicted molar refractivity (Wildman–Crippen MR) is 90.3 cm³/mol. The molecule has 1 saturated carbocycles. The highest BCUT2D eigenvalue weighted by atomic mass is 35.5. The fourth-order valence-corrected chi connectivity index (χ4v) is 3.62. The van der Waals surface area contributed by atoms with Gasteiger partial charge in [-0.3, -0.25) is 10.1 Å². The molecule has 120 valence electrons. The van der Waals surface area contributed by atoms with E-state index < -0.39 is 11.3 Å². The first-order valence-corrected chi connectivity index (χ1v) is 8.84. The molecule has 0 radical (unpaired) electrons. The minimum Gasteiger partial charge on any atom is -0.335 e. The third-order valence-corrected chi connectivity index (χ3v) is 5.31. The van der Waals surface area contributed by atoms with Crippen molar-refractivity contribution in [3.8, 4) is 0 Å². The standard InChI is InChI=1S/C16H21ClN2O2S/c1-11(22-14-10-6-5-9-13(14)17)15(20)19-16(21)18-12-7-3-2-4-8-12/h5-6,9-12H,2-4,7-8H2,1H3,(H2,18,19,20,21)/t11-/m1/s1. The number of carbonyl (C=O) groups is 2. The zero-order valence-electron chi connectivity index (χ0n) is 12.6.